The summed E-state index contributed by atoms with van der Waals surface area (Å²) in [6.45, 7) is 19.5. The summed E-state index contributed by atoms with van der Waals surface area (Å²) in [6.07, 6.45) is 5.22. The largest absolute Gasteiger partial charge is 1.00 e. The molecule has 0 radical (unpaired) electrons. The van der Waals surface area contributed by atoms with Crippen molar-refractivity contribution < 1.29 is 97.9 Å². The van der Waals surface area contributed by atoms with E-state index in [2.05, 4.69) is 20.8 Å². The van der Waals surface area contributed by atoms with Gasteiger partial charge in [0.05, 0.1) is 47.8 Å². The van der Waals surface area contributed by atoms with Gasteiger partial charge in [0.15, 0.2) is 11.2 Å². The fourth-order valence-electron chi connectivity index (χ4n) is 12.5. The van der Waals surface area contributed by atoms with Crippen molar-refractivity contribution in [1.29, 1.82) is 0 Å². The van der Waals surface area contributed by atoms with E-state index in [0.717, 1.165) is 18.1 Å². The van der Waals surface area contributed by atoms with Gasteiger partial charge in [-0.05, 0) is 95.6 Å². The Labute approximate surface area is 452 Å². The molecule has 4 fully saturated rings. The van der Waals surface area contributed by atoms with Gasteiger partial charge in [-0.3, -0.25) is 9.59 Å². The molecule has 5 aliphatic rings. The van der Waals surface area contributed by atoms with Gasteiger partial charge >= 0.3 is 29.6 Å². The third-order valence-electron chi connectivity index (χ3n) is 17.3. The number of rotatable bonds is 13. The third-order valence-corrected chi connectivity index (χ3v) is 17.3. The van der Waals surface area contributed by atoms with Gasteiger partial charge in [-0.25, -0.2) is 0 Å². The number of carbonyl (C=O) groups excluding carboxylic acids is 2. The number of aliphatic carboxylic acids is 1. The molecule has 5 aliphatic heterocycles. The van der Waals surface area contributed by atoms with E-state index in [-0.39, 0.29) is 93.2 Å². The number of aliphatic hydroxyl groups is 3. The number of aromatic hydroxyl groups is 2. The summed E-state index contributed by atoms with van der Waals surface area (Å²) in [6, 6.07) is 12.9. The predicted molar refractivity (Wildman–Crippen MR) is 267 cm³/mol. The van der Waals surface area contributed by atoms with Crippen LogP contribution in [0.4, 0.5) is 0 Å². The van der Waals surface area contributed by atoms with Crippen molar-refractivity contribution >= 4 is 22.7 Å². The van der Waals surface area contributed by atoms with Gasteiger partial charge in [0.25, 0.3) is 0 Å². The van der Waals surface area contributed by atoms with Crippen LogP contribution < -0.4 is 40.1 Å². The maximum atomic E-state index is 14.4. The minimum Gasteiger partial charge on any atom is -0.550 e. The number of fused-ring (bicyclic) bond motifs is 1. The standard InChI is InChI=1S/C42H70O11.C15H10O4.Na/c1-11-29(38(46)47)31-15-14-23(4)36(50-31)27(8)34(44)26(7)35(45)30(12-2)37-24(5)22-25(6)41(51-37)19-16-32(43)42(53-41)21-20-39(10,52-42)33-17-18-40(48,13-3)28(9)49-33;16-10-6-11(17)15-12(18)8-13(19-14(15)7-10)9-4-2-1-3-5-9;/h16,19,23-34,36-37,43-44,48H,11-15,17-18,20-22H2,1-10H3,(H,46,47);1-8,16-17H;/q;;+1/p-1. The number of phenols is 2. The Hall–Kier alpha value is -3.19. The number of carboxylic acid groups (broad SMARTS) is 1. The van der Waals surface area contributed by atoms with Crippen LogP contribution in [0.5, 0.6) is 11.5 Å². The van der Waals surface area contributed by atoms with Gasteiger partial charge < -0.3 is 63.5 Å². The van der Waals surface area contributed by atoms with Crippen molar-refractivity contribution in [1.82, 2.24) is 0 Å². The van der Waals surface area contributed by atoms with Gasteiger partial charge in [-0.1, -0.05) is 85.7 Å². The zero-order valence-electron chi connectivity index (χ0n) is 44.7. The van der Waals surface area contributed by atoms with Crippen LogP contribution in [0.2, 0.25) is 0 Å². The molecule has 18 unspecified atom stereocenters. The number of benzene rings is 2. The van der Waals surface area contributed by atoms with Crippen LogP contribution in [0.3, 0.4) is 0 Å². The Bertz CT molecular complexity index is 2460. The van der Waals surface area contributed by atoms with Crippen LogP contribution in [0, 0.1) is 41.4 Å². The molecule has 4 saturated heterocycles. The summed E-state index contributed by atoms with van der Waals surface area (Å²) in [5.74, 6) is -6.29. The van der Waals surface area contributed by atoms with E-state index < -0.39 is 82.9 Å². The fourth-order valence-corrected chi connectivity index (χ4v) is 12.5. The van der Waals surface area contributed by atoms with Crippen LogP contribution in [-0.4, -0.2) is 103 Å². The van der Waals surface area contributed by atoms with Gasteiger partial charge in [-0.2, -0.15) is 0 Å². The van der Waals surface area contributed by atoms with Crippen molar-refractivity contribution in [3.8, 4) is 22.8 Å². The molecule has 3 aromatic rings. The summed E-state index contributed by atoms with van der Waals surface area (Å²) in [4.78, 5) is 38.2. The van der Waals surface area contributed by atoms with Crippen LogP contribution in [-0.2, 0) is 33.3 Å². The number of aliphatic hydroxyl groups excluding tert-OH is 2. The van der Waals surface area contributed by atoms with E-state index in [1.54, 1.807) is 19.1 Å². The Morgan fingerprint density at radius 1 is 0.863 bits per heavy atom. The third kappa shape index (κ3) is 11.9. The first-order chi connectivity index (χ1) is 34.0. The first-order valence-electron chi connectivity index (χ1n) is 26.4. The number of hydrogen-bond donors (Lipinski definition) is 5. The van der Waals surface area contributed by atoms with Crippen molar-refractivity contribution in [3.63, 3.8) is 0 Å². The van der Waals surface area contributed by atoms with E-state index in [0.29, 0.717) is 63.5 Å². The van der Waals surface area contributed by atoms with E-state index in [1.165, 1.54) is 12.1 Å². The number of phenolic OH excluding ortho intramolecular Hbond substituents is 2. The molecule has 0 saturated carbocycles. The second kappa shape index (κ2) is 23.6. The van der Waals surface area contributed by atoms with Crippen molar-refractivity contribution in [2.24, 2.45) is 41.4 Å². The van der Waals surface area contributed by atoms with Crippen molar-refractivity contribution in [2.45, 2.75) is 199 Å². The normalized spacial score (nSPS) is 36.3. The van der Waals surface area contributed by atoms with Gasteiger partial charge in [-0.15, -0.1) is 0 Å². The molecule has 2 spiro atoms. The summed E-state index contributed by atoms with van der Waals surface area (Å²) in [5, 5.41) is 65.2. The average molecular weight is 1030 g/mol. The van der Waals surface area contributed by atoms with Crippen LogP contribution in [0.1, 0.15) is 133 Å². The molecule has 73 heavy (non-hydrogen) atoms. The van der Waals surface area contributed by atoms with Gasteiger partial charge in [0.2, 0.25) is 5.79 Å². The van der Waals surface area contributed by atoms with Crippen LogP contribution >= 0.6 is 0 Å². The fraction of sp³-hybridized carbons (Fsp3) is 0.667. The van der Waals surface area contributed by atoms with Crippen molar-refractivity contribution in [2.75, 3.05) is 0 Å². The van der Waals surface area contributed by atoms with Crippen molar-refractivity contribution in [3.05, 3.63) is 70.9 Å². The Kier molecular flexibility index (Phi) is 19.1. The molecular formula is C57H79NaO15. The molecule has 16 heteroatoms. The molecule has 0 bridgehead atoms. The van der Waals surface area contributed by atoms with Gasteiger partial charge in [0.1, 0.15) is 40.1 Å². The van der Waals surface area contributed by atoms with E-state index in [1.807, 2.05) is 71.9 Å². The number of Topliss-reactive ketones (excluding diaryl/α,β-unsaturated/α-hetero) is 1. The molecule has 15 nitrogen and oxygen atoms in total. The quantitative estimate of drug-likeness (QED) is 0.115. The molecular weight excluding hydrogens is 948 g/mol. The molecule has 6 heterocycles. The number of hydrogen-bond acceptors (Lipinski definition) is 15. The summed E-state index contributed by atoms with van der Waals surface area (Å²) < 4.78 is 39.0. The molecule has 2 aromatic carbocycles. The van der Waals surface area contributed by atoms with Gasteiger partial charge in [0, 0.05) is 65.7 Å². The summed E-state index contributed by atoms with van der Waals surface area (Å²) >= 11 is 0. The summed E-state index contributed by atoms with van der Waals surface area (Å²) in [5.41, 5.74) is -1.08. The molecule has 0 aliphatic carbocycles. The van der Waals surface area contributed by atoms with Crippen LogP contribution in [0.25, 0.3) is 22.3 Å². The Balaban J connectivity index is 0.000000361. The van der Waals surface area contributed by atoms with E-state index in [4.69, 9.17) is 28.1 Å². The predicted octanol–water partition coefficient (Wildman–Crippen LogP) is 4.73. The monoisotopic (exact) mass is 1030 g/mol. The number of ketones is 1. The minimum absolute atomic E-state index is 0. The molecule has 8 rings (SSSR count). The maximum Gasteiger partial charge on any atom is 1.00 e. The second-order valence-electron chi connectivity index (χ2n) is 22.1. The summed E-state index contributed by atoms with van der Waals surface area (Å²) in [7, 11) is 0. The van der Waals surface area contributed by atoms with Crippen LogP contribution in [0.15, 0.2) is 69.9 Å². The smallest absolute Gasteiger partial charge is 0.550 e. The molecule has 0 amide bonds. The SMILES string of the molecule is CCC(C(=O)[O-])C1CCC(C)C(C(C)C(O)C(C)C(=O)C(CC)C2OC3(C=CC(O)C4(CCC(C)(C5CCC(O)(CC)C(C)O5)O4)O3)C(C)CC2C)O1.O=c1cc(-c2ccccc2)oc2cc(O)cc(O)c12.[Na+]. The van der Waals surface area contributed by atoms with E-state index in [9.17, 15) is 45.0 Å². The average Bonchev–Trinajstić information content (AvgIpc) is 3.69. The number of ether oxygens (including phenoxy) is 5. The number of carbonyl (C=O) groups is 2. The molecule has 1 aromatic heterocycles. The molecule has 18 atom stereocenters. The first-order valence-corrected chi connectivity index (χ1v) is 26.4. The van der Waals surface area contributed by atoms with E-state index >= 15 is 0 Å². The topological polar surface area (TPSA) is 235 Å². The first kappa shape index (κ1) is 59.1. The Morgan fingerprint density at radius 3 is 2.18 bits per heavy atom. The molecule has 398 valence electrons. The molecule has 5 N–H and O–H groups in total. The minimum atomic E-state index is -1.37. The zero-order chi connectivity index (χ0) is 52.7. The second-order valence-corrected chi connectivity index (χ2v) is 22.1. The Morgan fingerprint density at radius 2 is 1.55 bits per heavy atom. The number of carboxylic acids is 1. The maximum absolute atomic E-state index is 14.4. The zero-order valence-corrected chi connectivity index (χ0v) is 46.7.